The number of hydrogen-bond acceptors (Lipinski definition) is 5. The Bertz CT molecular complexity index is 1210. The molecule has 6 nitrogen and oxygen atoms in total. The van der Waals surface area contributed by atoms with E-state index in [4.69, 9.17) is 0 Å². The van der Waals surface area contributed by atoms with Crippen LogP contribution in [0.5, 0.6) is 0 Å². The Labute approximate surface area is 193 Å². The molecule has 0 saturated heterocycles. The zero-order valence-electron chi connectivity index (χ0n) is 18.1. The number of hydrogen-bond donors (Lipinski definition) is 1. The quantitative estimate of drug-likeness (QED) is 0.303. The minimum atomic E-state index is -3.96. The van der Waals surface area contributed by atoms with Crippen LogP contribution in [0, 0.1) is 13.8 Å². The molecule has 0 aliphatic carbocycles. The van der Waals surface area contributed by atoms with E-state index in [2.05, 4.69) is 10.5 Å². The summed E-state index contributed by atoms with van der Waals surface area (Å²) in [4.78, 5) is 13.9. The van der Waals surface area contributed by atoms with E-state index in [-0.39, 0.29) is 4.90 Å². The highest BCUT2D eigenvalue weighted by molar-refractivity contribution is 7.98. The summed E-state index contributed by atoms with van der Waals surface area (Å²) in [5.41, 5.74) is 5.37. The molecule has 0 unspecified atom stereocenters. The first kappa shape index (κ1) is 23.6. The lowest BCUT2D eigenvalue weighted by atomic mass is 10.1. The number of carbonyl (C=O) groups excluding carboxylic acids is 1. The summed E-state index contributed by atoms with van der Waals surface area (Å²) in [6.45, 7) is 3.30. The van der Waals surface area contributed by atoms with Crippen LogP contribution < -0.4 is 9.73 Å². The van der Waals surface area contributed by atoms with Gasteiger partial charge in [0.2, 0.25) is 0 Å². The Balaban J connectivity index is 1.84. The van der Waals surface area contributed by atoms with Crippen LogP contribution in [0.1, 0.15) is 16.7 Å². The molecular formula is C24H25N3O3S2. The minimum Gasteiger partial charge on any atom is -0.271 e. The summed E-state index contributed by atoms with van der Waals surface area (Å²) in [6.07, 6.45) is 3.52. The molecule has 0 aliphatic heterocycles. The Morgan fingerprint density at radius 1 is 1.03 bits per heavy atom. The molecule has 8 heteroatoms. The van der Waals surface area contributed by atoms with Crippen molar-refractivity contribution in [3.63, 3.8) is 0 Å². The average Bonchev–Trinajstić information content (AvgIpc) is 2.80. The van der Waals surface area contributed by atoms with Crippen molar-refractivity contribution in [2.45, 2.75) is 23.6 Å². The van der Waals surface area contributed by atoms with Gasteiger partial charge in [-0.25, -0.2) is 13.8 Å². The Morgan fingerprint density at radius 2 is 1.72 bits per heavy atom. The summed E-state index contributed by atoms with van der Waals surface area (Å²) in [5, 5.41) is 3.99. The Kier molecular flexibility index (Phi) is 7.71. The van der Waals surface area contributed by atoms with Crippen LogP contribution in [-0.2, 0) is 14.8 Å². The first-order valence-electron chi connectivity index (χ1n) is 9.92. The van der Waals surface area contributed by atoms with E-state index in [0.717, 1.165) is 25.9 Å². The number of amides is 1. The number of thioether (sulfide) groups is 1. The monoisotopic (exact) mass is 467 g/mol. The fourth-order valence-corrected chi connectivity index (χ4v) is 4.95. The summed E-state index contributed by atoms with van der Waals surface area (Å²) in [7, 11) is -3.96. The molecule has 0 aliphatic rings. The van der Waals surface area contributed by atoms with Crippen LogP contribution in [0.25, 0.3) is 0 Å². The van der Waals surface area contributed by atoms with Gasteiger partial charge in [-0.05, 0) is 67.1 Å². The summed E-state index contributed by atoms with van der Waals surface area (Å²) in [5.74, 6) is -0.539. The number of sulfonamides is 1. The van der Waals surface area contributed by atoms with E-state index in [1.54, 1.807) is 36.0 Å². The molecular weight excluding hydrogens is 442 g/mol. The van der Waals surface area contributed by atoms with Crippen molar-refractivity contribution in [1.82, 2.24) is 5.43 Å². The molecule has 0 aromatic heterocycles. The van der Waals surface area contributed by atoms with Gasteiger partial charge >= 0.3 is 0 Å². The molecule has 1 amide bonds. The van der Waals surface area contributed by atoms with Crippen LogP contribution in [0.15, 0.2) is 87.7 Å². The number of nitrogens with one attached hydrogen (secondary N) is 1. The standard InChI is InChI=1S/C24H25N3O3S2/c1-18-9-10-19(2)23(15-18)27(32(29,30)22-7-5-4-6-8-22)17-24(28)26-25-16-20-11-13-21(31-3)14-12-20/h4-16H,17H2,1-3H3,(H,26,28)/b25-16-. The van der Waals surface area contributed by atoms with Gasteiger partial charge in [0.15, 0.2) is 0 Å². The summed E-state index contributed by atoms with van der Waals surface area (Å²) in [6, 6.07) is 21.3. The van der Waals surface area contributed by atoms with Crippen LogP contribution >= 0.6 is 11.8 Å². The van der Waals surface area contributed by atoms with Crippen molar-refractivity contribution in [3.05, 3.63) is 89.5 Å². The lowest BCUT2D eigenvalue weighted by molar-refractivity contribution is -0.119. The molecule has 0 heterocycles. The van der Waals surface area contributed by atoms with Gasteiger partial charge in [0, 0.05) is 4.90 Å². The van der Waals surface area contributed by atoms with Crippen molar-refractivity contribution >= 4 is 39.6 Å². The predicted molar refractivity (Wildman–Crippen MR) is 131 cm³/mol. The van der Waals surface area contributed by atoms with Gasteiger partial charge in [0.25, 0.3) is 15.9 Å². The zero-order chi connectivity index (χ0) is 23.1. The van der Waals surface area contributed by atoms with Crippen LogP contribution in [-0.4, -0.2) is 33.3 Å². The molecule has 0 saturated carbocycles. The Hall–Kier alpha value is -3.10. The number of anilines is 1. The normalized spacial score (nSPS) is 11.5. The molecule has 3 rings (SSSR count). The molecule has 0 fully saturated rings. The minimum absolute atomic E-state index is 0.117. The Morgan fingerprint density at radius 3 is 2.38 bits per heavy atom. The lowest BCUT2D eigenvalue weighted by Crippen LogP contribution is -2.40. The van der Waals surface area contributed by atoms with Gasteiger partial charge in [0.05, 0.1) is 16.8 Å². The maximum atomic E-state index is 13.4. The van der Waals surface area contributed by atoms with Gasteiger partial charge < -0.3 is 0 Å². The topological polar surface area (TPSA) is 78.8 Å². The van der Waals surface area contributed by atoms with E-state index in [1.807, 2.05) is 56.5 Å². The number of aryl methyl sites for hydroxylation is 2. The van der Waals surface area contributed by atoms with Crippen LogP contribution in [0.3, 0.4) is 0 Å². The van der Waals surface area contributed by atoms with Crippen molar-refractivity contribution in [1.29, 1.82) is 0 Å². The SMILES string of the molecule is CSc1ccc(/C=N\NC(=O)CN(c2cc(C)ccc2C)S(=O)(=O)c2ccccc2)cc1. The fourth-order valence-electron chi connectivity index (χ4n) is 3.04. The van der Waals surface area contributed by atoms with E-state index < -0.39 is 22.5 Å². The van der Waals surface area contributed by atoms with Crippen molar-refractivity contribution < 1.29 is 13.2 Å². The third-order valence-corrected chi connectivity index (χ3v) is 7.29. The van der Waals surface area contributed by atoms with Crippen molar-refractivity contribution in [2.75, 3.05) is 17.1 Å². The largest absolute Gasteiger partial charge is 0.271 e. The molecule has 0 bridgehead atoms. The summed E-state index contributed by atoms with van der Waals surface area (Å²) >= 11 is 1.64. The van der Waals surface area contributed by atoms with E-state index in [1.165, 1.54) is 18.3 Å². The van der Waals surface area contributed by atoms with E-state index >= 15 is 0 Å². The van der Waals surface area contributed by atoms with Crippen molar-refractivity contribution in [3.8, 4) is 0 Å². The highest BCUT2D eigenvalue weighted by atomic mass is 32.2. The smallest absolute Gasteiger partial charge is 0.264 e. The molecule has 1 N–H and O–H groups in total. The number of carbonyl (C=O) groups is 1. The third-order valence-electron chi connectivity index (χ3n) is 4.77. The van der Waals surface area contributed by atoms with Gasteiger partial charge in [0.1, 0.15) is 6.54 Å². The second-order valence-electron chi connectivity index (χ2n) is 7.18. The molecule has 3 aromatic carbocycles. The van der Waals surface area contributed by atoms with Gasteiger partial charge in [-0.3, -0.25) is 9.10 Å². The van der Waals surface area contributed by atoms with Crippen LogP contribution in [0.2, 0.25) is 0 Å². The predicted octanol–water partition coefficient (Wildman–Crippen LogP) is 4.37. The average molecular weight is 468 g/mol. The molecule has 0 spiro atoms. The number of benzene rings is 3. The van der Waals surface area contributed by atoms with Crippen molar-refractivity contribution in [2.24, 2.45) is 5.10 Å². The van der Waals surface area contributed by atoms with Gasteiger partial charge in [-0.2, -0.15) is 5.10 Å². The molecule has 166 valence electrons. The zero-order valence-corrected chi connectivity index (χ0v) is 19.8. The van der Waals surface area contributed by atoms with E-state index in [9.17, 15) is 13.2 Å². The summed E-state index contributed by atoms with van der Waals surface area (Å²) < 4.78 is 27.9. The first-order chi connectivity index (χ1) is 15.3. The van der Waals surface area contributed by atoms with Gasteiger partial charge in [-0.15, -0.1) is 11.8 Å². The van der Waals surface area contributed by atoms with E-state index in [0.29, 0.717) is 5.69 Å². The fraction of sp³-hybridized carbons (Fsp3) is 0.167. The lowest BCUT2D eigenvalue weighted by Gasteiger charge is -2.25. The second kappa shape index (κ2) is 10.5. The molecule has 0 radical (unpaired) electrons. The molecule has 0 atom stereocenters. The maximum absolute atomic E-state index is 13.4. The van der Waals surface area contributed by atoms with Gasteiger partial charge in [-0.1, -0.05) is 42.5 Å². The van der Waals surface area contributed by atoms with Crippen LogP contribution in [0.4, 0.5) is 5.69 Å². The molecule has 32 heavy (non-hydrogen) atoms. The third kappa shape index (κ3) is 5.77. The highest BCUT2D eigenvalue weighted by Crippen LogP contribution is 2.27. The number of hydrazone groups is 1. The number of nitrogens with zero attached hydrogens (tertiary/aromatic N) is 2. The maximum Gasteiger partial charge on any atom is 0.264 e. The first-order valence-corrected chi connectivity index (χ1v) is 12.6. The number of rotatable bonds is 8. The molecule has 3 aromatic rings. The second-order valence-corrected chi connectivity index (χ2v) is 9.92. The highest BCUT2D eigenvalue weighted by Gasteiger charge is 2.28.